The van der Waals surface area contributed by atoms with Crippen LogP contribution in [0.3, 0.4) is 0 Å². The Morgan fingerprint density at radius 1 is 0.885 bits per heavy atom. The van der Waals surface area contributed by atoms with Gasteiger partial charge < -0.3 is 8.85 Å². The van der Waals surface area contributed by atoms with E-state index >= 15 is 0 Å². The third-order valence-electron chi connectivity index (χ3n) is 6.95. The Hall–Kier alpha value is 0.0238. The molecule has 1 fully saturated rings. The van der Waals surface area contributed by atoms with Crippen molar-refractivity contribution in [2.75, 3.05) is 0 Å². The number of hydrogen-bond donors (Lipinski definition) is 0. The van der Waals surface area contributed by atoms with Gasteiger partial charge in [0.05, 0.1) is 0 Å². The molecule has 154 valence electrons. The fourth-order valence-corrected chi connectivity index (χ4v) is 13.6. The van der Waals surface area contributed by atoms with E-state index in [1.54, 1.807) is 0 Å². The summed E-state index contributed by atoms with van der Waals surface area (Å²) in [6.45, 7) is 20.7. The fourth-order valence-electron chi connectivity index (χ4n) is 5.17. The molecule has 0 N–H and O–H groups in total. The van der Waals surface area contributed by atoms with Gasteiger partial charge in [-0.25, -0.2) is 0 Å². The first-order chi connectivity index (χ1) is 12.1. The van der Waals surface area contributed by atoms with E-state index in [1.165, 1.54) is 0 Å². The lowest BCUT2D eigenvalue weighted by Crippen LogP contribution is -2.53. The highest BCUT2D eigenvalue weighted by Crippen LogP contribution is 2.44. The Balaban J connectivity index is 2.97. The SMILES string of the molecule is CC[Si](CC)(CC)O[C@H]1C[C@H](O[Si](C(C)C)(C(C)C)C(C)C)CCC1=O. The molecule has 0 aliphatic heterocycles. The van der Waals surface area contributed by atoms with Crippen molar-refractivity contribution in [2.45, 2.75) is 129 Å². The average molecular weight is 401 g/mol. The molecule has 0 aromatic heterocycles. The van der Waals surface area contributed by atoms with Gasteiger partial charge in [-0.1, -0.05) is 62.3 Å². The van der Waals surface area contributed by atoms with Crippen molar-refractivity contribution in [3.05, 3.63) is 0 Å². The summed E-state index contributed by atoms with van der Waals surface area (Å²) in [4.78, 5) is 12.6. The van der Waals surface area contributed by atoms with E-state index < -0.39 is 16.6 Å². The number of rotatable bonds is 10. The van der Waals surface area contributed by atoms with E-state index in [0.717, 1.165) is 31.0 Å². The van der Waals surface area contributed by atoms with Gasteiger partial charge >= 0.3 is 0 Å². The Morgan fingerprint density at radius 2 is 1.35 bits per heavy atom. The molecule has 1 aliphatic rings. The first-order valence-corrected chi connectivity index (χ1v) is 15.6. The number of carbonyl (C=O) groups is 1. The Kier molecular flexibility index (Phi) is 9.24. The lowest BCUT2D eigenvalue weighted by Gasteiger charge is -2.46. The van der Waals surface area contributed by atoms with Gasteiger partial charge in [-0.2, -0.15) is 0 Å². The van der Waals surface area contributed by atoms with Crippen molar-refractivity contribution < 1.29 is 13.6 Å². The van der Waals surface area contributed by atoms with Gasteiger partial charge in [-0.05, 0) is 41.2 Å². The fraction of sp³-hybridized carbons (Fsp3) is 0.952. The summed E-state index contributed by atoms with van der Waals surface area (Å²) in [5, 5.41) is 0. The van der Waals surface area contributed by atoms with Gasteiger partial charge in [0.25, 0.3) is 0 Å². The molecule has 0 heterocycles. The minimum Gasteiger partial charge on any atom is -0.413 e. The topological polar surface area (TPSA) is 35.5 Å². The van der Waals surface area contributed by atoms with Crippen LogP contribution in [-0.2, 0) is 13.6 Å². The molecule has 0 aromatic carbocycles. The molecule has 1 aliphatic carbocycles. The van der Waals surface area contributed by atoms with Crippen LogP contribution in [0.1, 0.15) is 81.6 Å². The smallest absolute Gasteiger partial charge is 0.200 e. The quantitative estimate of drug-likeness (QED) is 0.383. The maximum atomic E-state index is 12.6. The zero-order chi connectivity index (χ0) is 20.1. The summed E-state index contributed by atoms with van der Waals surface area (Å²) >= 11 is 0. The summed E-state index contributed by atoms with van der Waals surface area (Å²) in [5.41, 5.74) is 1.74. The predicted molar refractivity (Wildman–Crippen MR) is 117 cm³/mol. The number of hydrogen-bond acceptors (Lipinski definition) is 3. The maximum Gasteiger partial charge on any atom is 0.200 e. The van der Waals surface area contributed by atoms with Gasteiger partial charge in [-0.15, -0.1) is 0 Å². The monoisotopic (exact) mass is 400 g/mol. The van der Waals surface area contributed by atoms with Crippen molar-refractivity contribution in [1.82, 2.24) is 0 Å². The minimum atomic E-state index is -1.91. The van der Waals surface area contributed by atoms with E-state index in [0.29, 0.717) is 28.8 Å². The van der Waals surface area contributed by atoms with Crippen LogP contribution < -0.4 is 0 Å². The van der Waals surface area contributed by atoms with Crippen LogP contribution >= 0.6 is 0 Å². The summed E-state index contributed by atoms with van der Waals surface area (Å²) < 4.78 is 13.6. The minimum absolute atomic E-state index is 0.189. The number of carbonyl (C=O) groups excluding carboxylic acids is 1. The molecule has 3 nitrogen and oxygen atoms in total. The molecule has 0 radical (unpaired) electrons. The van der Waals surface area contributed by atoms with Crippen LogP contribution in [0.15, 0.2) is 0 Å². The highest BCUT2D eigenvalue weighted by atomic mass is 28.4. The van der Waals surface area contributed by atoms with Crippen LogP contribution in [0, 0.1) is 0 Å². The van der Waals surface area contributed by atoms with E-state index in [2.05, 4.69) is 62.3 Å². The van der Waals surface area contributed by atoms with Crippen LogP contribution in [-0.4, -0.2) is 34.6 Å². The largest absolute Gasteiger partial charge is 0.413 e. The van der Waals surface area contributed by atoms with E-state index in [4.69, 9.17) is 8.85 Å². The summed E-state index contributed by atoms with van der Waals surface area (Å²) in [6, 6.07) is 3.29. The highest BCUT2D eigenvalue weighted by Gasteiger charge is 2.48. The second-order valence-electron chi connectivity index (χ2n) is 9.15. The average Bonchev–Trinajstić information content (AvgIpc) is 2.59. The van der Waals surface area contributed by atoms with Crippen molar-refractivity contribution in [3.8, 4) is 0 Å². The Morgan fingerprint density at radius 3 is 1.73 bits per heavy atom. The van der Waals surface area contributed by atoms with Gasteiger partial charge in [0.1, 0.15) is 6.10 Å². The highest BCUT2D eigenvalue weighted by molar-refractivity contribution is 6.77. The summed E-state index contributed by atoms with van der Waals surface area (Å²) in [6.07, 6.45) is 2.23. The molecule has 1 rings (SSSR count). The van der Waals surface area contributed by atoms with Gasteiger partial charge in [0.2, 0.25) is 8.32 Å². The van der Waals surface area contributed by atoms with Crippen LogP contribution in [0.2, 0.25) is 34.8 Å². The molecule has 0 bridgehead atoms. The molecule has 0 spiro atoms. The molecule has 0 saturated heterocycles. The van der Waals surface area contributed by atoms with Crippen molar-refractivity contribution in [2.24, 2.45) is 0 Å². The third kappa shape index (κ3) is 5.09. The second kappa shape index (κ2) is 9.99. The normalized spacial score (nSPS) is 22.7. The first kappa shape index (κ1) is 24.1. The third-order valence-corrected chi connectivity index (χ3v) is 17.8. The molecule has 0 unspecified atom stereocenters. The zero-order valence-electron chi connectivity index (χ0n) is 18.9. The molecule has 0 amide bonds. The standard InChI is InChI=1S/C21H44O3Si2/c1-10-25(11-2,12-3)24-21-15-19(13-14-20(21)22)23-26(16(4)5,17(6)7)18(8)9/h16-19,21H,10-15H2,1-9H3/t19-,21+/m1/s1. The van der Waals surface area contributed by atoms with Gasteiger partial charge in [0, 0.05) is 18.9 Å². The number of Topliss-reactive ketones (excluding diaryl/α,β-unsaturated/α-hetero) is 1. The number of ketones is 1. The van der Waals surface area contributed by atoms with E-state index in [1.807, 2.05) is 0 Å². The Bertz CT molecular complexity index is 414. The summed E-state index contributed by atoms with van der Waals surface area (Å²) in [5.74, 6) is 0.308. The van der Waals surface area contributed by atoms with Crippen molar-refractivity contribution in [3.63, 3.8) is 0 Å². The molecular weight excluding hydrogens is 356 g/mol. The summed E-state index contributed by atoms with van der Waals surface area (Å²) in [7, 11) is -3.67. The van der Waals surface area contributed by atoms with Crippen LogP contribution in [0.5, 0.6) is 0 Å². The second-order valence-corrected chi connectivity index (χ2v) is 19.3. The van der Waals surface area contributed by atoms with E-state index in [9.17, 15) is 4.79 Å². The van der Waals surface area contributed by atoms with E-state index in [-0.39, 0.29) is 12.2 Å². The maximum absolute atomic E-state index is 12.6. The molecule has 26 heavy (non-hydrogen) atoms. The molecular formula is C21H44O3Si2. The zero-order valence-corrected chi connectivity index (χ0v) is 20.9. The van der Waals surface area contributed by atoms with Crippen molar-refractivity contribution >= 4 is 22.4 Å². The van der Waals surface area contributed by atoms with Crippen LogP contribution in [0.25, 0.3) is 0 Å². The van der Waals surface area contributed by atoms with Crippen LogP contribution in [0.4, 0.5) is 0 Å². The lowest BCUT2D eigenvalue weighted by atomic mass is 9.94. The molecule has 2 atom stereocenters. The predicted octanol–water partition coefficient (Wildman–Crippen LogP) is 6.69. The first-order valence-electron chi connectivity index (χ1n) is 11.0. The molecule has 5 heteroatoms. The lowest BCUT2D eigenvalue weighted by molar-refractivity contribution is -0.131. The van der Waals surface area contributed by atoms with Gasteiger partial charge in [0.15, 0.2) is 14.1 Å². The molecule has 1 saturated carbocycles. The van der Waals surface area contributed by atoms with Crippen molar-refractivity contribution in [1.29, 1.82) is 0 Å². The van der Waals surface area contributed by atoms with Gasteiger partial charge in [-0.3, -0.25) is 4.79 Å². The molecule has 0 aromatic rings. The Labute approximate surface area is 164 Å².